The van der Waals surface area contributed by atoms with Gasteiger partial charge in [-0.2, -0.15) is 0 Å². The van der Waals surface area contributed by atoms with Gasteiger partial charge in [-0.25, -0.2) is 0 Å². The molecule has 0 N–H and O–H groups in total. The molecule has 0 atom stereocenters. The Morgan fingerprint density at radius 2 is 0.475 bits per heavy atom. The third-order valence-corrected chi connectivity index (χ3v) is 34.6. The van der Waals surface area contributed by atoms with E-state index in [0.717, 1.165) is 201 Å². The fraction of sp³-hybridized carbons (Fsp3) is 0.453. The van der Waals surface area contributed by atoms with Gasteiger partial charge in [0.15, 0.2) is 0 Å². The van der Waals surface area contributed by atoms with E-state index in [1.54, 1.807) is 45.3 Å². The zero-order valence-corrected chi connectivity index (χ0v) is 80.2. The minimum absolute atomic E-state index is 0.0531. The van der Waals surface area contributed by atoms with E-state index in [-0.39, 0.29) is 23.6 Å². The Balaban J connectivity index is 0.855. The van der Waals surface area contributed by atoms with Crippen molar-refractivity contribution in [2.24, 2.45) is 0 Å². The summed E-state index contributed by atoms with van der Waals surface area (Å²) in [5, 5.41) is 2.49. The van der Waals surface area contributed by atoms with E-state index in [4.69, 9.17) is 0 Å². The third-order valence-electron chi connectivity index (χ3n) is 25.1. The van der Waals surface area contributed by atoms with Gasteiger partial charge in [-0.05, 0) is 184 Å². The lowest BCUT2D eigenvalue weighted by Crippen LogP contribution is -2.30. The second-order valence-corrected chi connectivity index (χ2v) is 43.0. The van der Waals surface area contributed by atoms with Crippen molar-refractivity contribution >= 4 is 157 Å². The maximum atomic E-state index is 15.9. The standard InChI is InChI=1S/C106H126N4O4S8/c1-9-17-25-33-41-71-45-49-73(50-46-71)79-57-61-85(117-79)97-93-95(105(113)107(97)65-37-29-21-13-5)99(109(103(93)111)67-39-31-23-15-7)87-63-59-81(119-87)89-69-77-91(83-55-53-75(115-83)43-35-27-19-11-3)102-78(92(101(77)121-89)84-56-54-76(116-84)44-36-28-20-12-4)70-90(122-102)82-60-64-88(120-82)100-96-94(104(112)110(100)68-40-32-24-16-8)98(108(106(96)114)66-38-30-22-14-6)86-62-58-80(118-86)74-51-47-72(48-52-74)42-34-26-18-10-2/h45-64,69-70H,9-44,65-68H2,1-8H3. The molecule has 642 valence electrons. The van der Waals surface area contributed by atoms with Gasteiger partial charge in [0, 0.05) is 106 Å². The van der Waals surface area contributed by atoms with Crippen molar-refractivity contribution in [2.45, 2.75) is 287 Å². The summed E-state index contributed by atoms with van der Waals surface area (Å²) in [7, 11) is 0. The normalized spacial score (nSPS) is 14.4. The average Bonchev–Trinajstić information content (AvgIpc) is 1.56. The van der Waals surface area contributed by atoms with Gasteiger partial charge in [0.2, 0.25) is 0 Å². The Morgan fingerprint density at radius 3 is 0.770 bits per heavy atom. The van der Waals surface area contributed by atoms with Crippen molar-refractivity contribution in [2.75, 3.05) is 26.2 Å². The van der Waals surface area contributed by atoms with Gasteiger partial charge < -0.3 is 19.6 Å². The summed E-state index contributed by atoms with van der Waals surface area (Å²) in [6.07, 6.45) is 40.1. The highest BCUT2D eigenvalue weighted by Gasteiger charge is 2.51. The lowest BCUT2D eigenvalue weighted by Gasteiger charge is -2.24. The van der Waals surface area contributed by atoms with Gasteiger partial charge in [0.05, 0.1) is 64.6 Å². The fourth-order valence-corrected chi connectivity index (χ4v) is 27.6. The van der Waals surface area contributed by atoms with Gasteiger partial charge in [-0.3, -0.25) is 19.2 Å². The summed E-state index contributed by atoms with van der Waals surface area (Å²) in [6, 6.07) is 50.5. The number of fused-ring (bicyclic) bond motifs is 4. The molecule has 0 aliphatic carbocycles. The number of amides is 4. The van der Waals surface area contributed by atoms with E-state index >= 15 is 19.2 Å². The second-order valence-electron chi connectivity index (χ2n) is 34.2. The van der Waals surface area contributed by atoms with Crippen LogP contribution in [0.4, 0.5) is 0 Å². The Labute approximate surface area is 759 Å². The van der Waals surface area contributed by atoms with Crippen molar-refractivity contribution in [1.82, 2.24) is 19.6 Å². The van der Waals surface area contributed by atoms with E-state index < -0.39 is 0 Å². The van der Waals surface area contributed by atoms with Crippen LogP contribution in [0.15, 0.2) is 156 Å². The Hall–Kier alpha value is -7.38. The summed E-state index contributed by atoms with van der Waals surface area (Å²) < 4.78 is 2.53. The number of unbranched alkanes of at least 4 members (excludes halogenated alkanes) is 24. The highest BCUT2D eigenvalue weighted by molar-refractivity contribution is 7.29. The van der Waals surface area contributed by atoms with Crippen LogP contribution in [-0.2, 0) is 44.9 Å². The SMILES string of the molecule is CCCCCCc1ccc(-c2ccc(C3=C4C(=O)N(CCCCCC)C(c5ccc(-c6cc7c(-c8ccc(CCCCCC)s8)c8sc(-c9ccc(C%10=C%11C(=O)N(CCCCCC)C(c%12ccc(-c%13ccc(CCCCCC)cc%13)s%12)=C%11C(=O)N%10CCCCCC)s9)cc8c(-c8ccc(CCCCCC)s8)c7s6)s5)=C4C(=O)N3CCCCCC)s2)cc1. The van der Waals surface area contributed by atoms with Gasteiger partial charge in [0.25, 0.3) is 23.6 Å². The molecule has 0 saturated heterocycles. The molecule has 16 heteroatoms. The van der Waals surface area contributed by atoms with Crippen molar-refractivity contribution < 1.29 is 19.2 Å². The van der Waals surface area contributed by atoms with Crippen LogP contribution in [0, 0.1) is 0 Å². The molecule has 3 aromatic carbocycles. The fourth-order valence-electron chi connectivity index (χ4n) is 18.3. The Bertz CT molecular complexity index is 5180. The number of hydrogen-bond donors (Lipinski definition) is 0. The molecule has 122 heavy (non-hydrogen) atoms. The van der Waals surface area contributed by atoms with E-state index in [9.17, 15) is 0 Å². The number of rotatable bonds is 50. The first-order chi connectivity index (χ1) is 59.9. The molecular formula is C106H126N4O4S8. The molecule has 4 aliphatic heterocycles. The maximum Gasteiger partial charge on any atom is 0.261 e. The van der Waals surface area contributed by atoms with Crippen LogP contribution in [0.25, 0.3) is 104 Å². The number of carbonyl (C=O) groups is 4. The molecule has 12 heterocycles. The average molecular weight is 1780 g/mol. The molecule has 15 rings (SSSR count). The molecule has 11 aromatic rings. The quantitative estimate of drug-likeness (QED) is 0.0356. The first-order valence-corrected chi connectivity index (χ1v) is 53.5. The van der Waals surface area contributed by atoms with Crippen LogP contribution in [0.1, 0.15) is 301 Å². The Kier molecular flexibility index (Phi) is 31.7. The monoisotopic (exact) mass is 1770 g/mol. The third kappa shape index (κ3) is 19.7. The minimum atomic E-state index is -0.0531. The van der Waals surface area contributed by atoms with Crippen molar-refractivity contribution in [3.63, 3.8) is 0 Å². The molecule has 0 unspecified atom stereocenters. The largest absolute Gasteiger partial charge is 0.306 e. The first-order valence-electron chi connectivity index (χ1n) is 47.0. The molecular weight excluding hydrogens is 1650 g/mol. The predicted octanol–water partition coefficient (Wildman–Crippen LogP) is 32.9. The van der Waals surface area contributed by atoms with Crippen molar-refractivity contribution in [1.29, 1.82) is 0 Å². The molecule has 8 aromatic heterocycles. The zero-order valence-electron chi connectivity index (χ0n) is 73.7. The molecule has 0 spiro atoms. The summed E-state index contributed by atoms with van der Waals surface area (Å²) >= 11 is 14.6. The van der Waals surface area contributed by atoms with Crippen LogP contribution < -0.4 is 0 Å². The van der Waals surface area contributed by atoms with Gasteiger partial charge in [0.1, 0.15) is 0 Å². The van der Waals surface area contributed by atoms with Crippen LogP contribution in [0.2, 0.25) is 0 Å². The van der Waals surface area contributed by atoms with E-state index in [0.29, 0.717) is 48.5 Å². The molecule has 8 nitrogen and oxygen atoms in total. The molecule has 0 fully saturated rings. The number of thiophene rings is 8. The molecule has 0 saturated carbocycles. The number of aryl methyl sites for hydroxylation is 4. The molecule has 4 amide bonds. The lowest BCUT2D eigenvalue weighted by molar-refractivity contribution is -0.124. The van der Waals surface area contributed by atoms with Gasteiger partial charge in [-0.1, -0.05) is 258 Å². The predicted molar refractivity (Wildman–Crippen MR) is 532 cm³/mol. The molecule has 4 aliphatic rings. The van der Waals surface area contributed by atoms with Crippen LogP contribution in [0.3, 0.4) is 0 Å². The van der Waals surface area contributed by atoms with Crippen LogP contribution in [0.5, 0.6) is 0 Å². The number of hydrogen-bond acceptors (Lipinski definition) is 12. The lowest BCUT2D eigenvalue weighted by atomic mass is 9.99. The molecule has 0 radical (unpaired) electrons. The topological polar surface area (TPSA) is 81.2 Å². The van der Waals surface area contributed by atoms with E-state index in [1.165, 1.54) is 174 Å². The summed E-state index contributed by atoms with van der Waals surface area (Å²) in [6.45, 7) is 20.3. The highest BCUT2D eigenvalue weighted by Crippen LogP contribution is 2.58. The van der Waals surface area contributed by atoms with Crippen molar-refractivity contribution in [3.05, 3.63) is 196 Å². The Morgan fingerprint density at radius 1 is 0.221 bits per heavy atom. The number of benzene rings is 3. The van der Waals surface area contributed by atoms with Gasteiger partial charge >= 0.3 is 0 Å². The summed E-state index contributed by atoms with van der Waals surface area (Å²) in [5.74, 6) is -0.213. The highest BCUT2D eigenvalue weighted by atomic mass is 32.1. The van der Waals surface area contributed by atoms with Gasteiger partial charge in [-0.15, -0.1) is 90.7 Å². The second kappa shape index (κ2) is 43.2. The minimum Gasteiger partial charge on any atom is -0.306 e. The first kappa shape index (κ1) is 89.4. The van der Waals surface area contributed by atoms with Crippen LogP contribution >= 0.6 is 90.7 Å². The van der Waals surface area contributed by atoms with Crippen LogP contribution in [-0.4, -0.2) is 69.4 Å². The zero-order chi connectivity index (χ0) is 84.6. The number of carbonyl (C=O) groups excluding carboxylic acids is 4. The summed E-state index contributed by atoms with van der Waals surface area (Å²) in [5.41, 5.74) is 13.0. The van der Waals surface area contributed by atoms with Crippen molar-refractivity contribution in [3.8, 4) is 61.3 Å². The van der Waals surface area contributed by atoms with E-state index in [2.05, 4.69) is 189 Å². The molecule has 0 bridgehead atoms. The summed E-state index contributed by atoms with van der Waals surface area (Å²) in [4.78, 5) is 87.5. The maximum absolute atomic E-state index is 15.9. The smallest absolute Gasteiger partial charge is 0.261 e. The number of nitrogens with zero attached hydrogens (tertiary/aromatic N) is 4. The van der Waals surface area contributed by atoms with E-state index in [1.807, 2.05) is 64.9 Å².